The molecule has 1 saturated heterocycles. The summed E-state index contributed by atoms with van der Waals surface area (Å²) in [4.78, 5) is 1.89. The third-order valence-corrected chi connectivity index (χ3v) is 3.72. The van der Waals surface area contributed by atoms with E-state index in [2.05, 4.69) is 15.9 Å². The Balaban J connectivity index is 2.01. The van der Waals surface area contributed by atoms with Crippen molar-refractivity contribution in [3.63, 3.8) is 0 Å². The summed E-state index contributed by atoms with van der Waals surface area (Å²) < 4.78 is 33.2. The lowest BCUT2D eigenvalue weighted by atomic mass is 10.1. The van der Waals surface area contributed by atoms with Crippen LogP contribution in [0.2, 0.25) is 0 Å². The molecule has 0 spiro atoms. The van der Waals surface area contributed by atoms with Crippen LogP contribution in [0.5, 0.6) is 0 Å². The molecule has 0 bridgehead atoms. The first kappa shape index (κ1) is 13.9. The van der Waals surface area contributed by atoms with Crippen molar-refractivity contribution in [1.82, 2.24) is 4.90 Å². The largest absolute Gasteiger partial charge is 0.377 e. The van der Waals surface area contributed by atoms with Gasteiger partial charge in [0.15, 0.2) is 0 Å². The maximum atomic E-state index is 13.8. The molecule has 0 N–H and O–H groups in total. The number of hydrogen-bond acceptors (Lipinski definition) is 2. The van der Waals surface area contributed by atoms with Crippen LogP contribution >= 0.6 is 15.9 Å². The number of halogens is 3. The van der Waals surface area contributed by atoms with E-state index in [0.717, 1.165) is 19.4 Å². The summed E-state index contributed by atoms with van der Waals surface area (Å²) in [5.41, 5.74) is 0.102. The number of nitrogens with zero attached hydrogens (tertiary/aromatic N) is 1. The van der Waals surface area contributed by atoms with Crippen molar-refractivity contribution in [2.75, 3.05) is 20.2 Å². The summed E-state index contributed by atoms with van der Waals surface area (Å²) in [6, 6.07) is 2.66. The van der Waals surface area contributed by atoms with Gasteiger partial charge in [0, 0.05) is 25.3 Å². The number of rotatable bonds is 4. The molecule has 1 aromatic rings. The van der Waals surface area contributed by atoms with Crippen LogP contribution < -0.4 is 0 Å². The second-order valence-corrected chi connectivity index (χ2v) is 5.51. The van der Waals surface area contributed by atoms with Gasteiger partial charge in [-0.2, -0.15) is 0 Å². The third kappa shape index (κ3) is 3.28. The van der Waals surface area contributed by atoms with Crippen molar-refractivity contribution in [3.8, 4) is 0 Å². The molecular weight excluding hydrogens is 304 g/mol. The SMILES string of the molecule is CN(Cc1c(F)ccc(Br)c1F)CC1CCCO1. The van der Waals surface area contributed by atoms with E-state index in [1.54, 1.807) is 0 Å². The first-order chi connectivity index (χ1) is 8.58. The molecule has 0 radical (unpaired) electrons. The molecule has 18 heavy (non-hydrogen) atoms. The molecule has 1 atom stereocenters. The lowest BCUT2D eigenvalue weighted by Crippen LogP contribution is -2.29. The molecule has 1 unspecified atom stereocenters. The topological polar surface area (TPSA) is 12.5 Å². The smallest absolute Gasteiger partial charge is 0.144 e. The van der Waals surface area contributed by atoms with Gasteiger partial charge in [0.1, 0.15) is 11.6 Å². The molecule has 0 saturated carbocycles. The summed E-state index contributed by atoms with van der Waals surface area (Å²) in [6.07, 6.45) is 2.28. The average molecular weight is 320 g/mol. The Kier molecular flexibility index (Phi) is 4.70. The van der Waals surface area contributed by atoms with E-state index in [4.69, 9.17) is 4.74 Å². The summed E-state index contributed by atoms with van der Waals surface area (Å²) >= 11 is 3.07. The first-order valence-corrected chi connectivity index (χ1v) is 6.79. The molecular formula is C13H16BrF2NO. The second-order valence-electron chi connectivity index (χ2n) is 4.65. The lowest BCUT2D eigenvalue weighted by molar-refractivity contribution is 0.0786. The van der Waals surface area contributed by atoms with Crippen LogP contribution in [-0.2, 0) is 11.3 Å². The van der Waals surface area contributed by atoms with Crippen LogP contribution in [0.15, 0.2) is 16.6 Å². The van der Waals surface area contributed by atoms with E-state index < -0.39 is 11.6 Å². The van der Waals surface area contributed by atoms with E-state index in [-0.39, 0.29) is 18.2 Å². The Morgan fingerprint density at radius 3 is 2.89 bits per heavy atom. The maximum Gasteiger partial charge on any atom is 0.144 e. The van der Waals surface area contributed by atoms with Crippen molar-refractivity contribution < 1.29 is 13.5 Å². The van der Waals surface area contributed by atoms with E-state index in [9.17, 15) is 8.78 Å². The average Bonchev–Trinajstić information content (AvgIpc) is 2.82. The van der Waals surface area contributed by atoms with Crippen molar-refractivity contribution in [1.29, 1.82) is 0 Å². The maximum absolute atomic E-state index is 13.8. The highest BCUT2D eigenvalue weighted by Gasteiger charge is 2.19. The van der Waals surface area contributed by atoms with Crippen LogP contribution in [0.3, 0.4) is 0 Å². The summed E-state index contributed by atoms with van der Waals surface area (Å²) in [6.45, 7) is 1.74. The fraction of sp³-hybridized carbons (Fsp3) is 0.538. The molecule has 0 aromatic heterocycles. The van der Waals surface area contributed by atoms with Crippen molar-refractivity contribution in [2.24, 2.45) is 0 Å². The number of hydrogen-bond donors (Lipinski definition) is 0. The molecule has 5 heteroatoms. The van der Waals surface area contributed by atoms with Gasteiger partial charge in [-0.1, -0.05) is 0 Å². The van der Waals surface area contributed by atoms with Gasteiger partial charge in [-0.25, -0.2) is 8.78 Å². The fourth-order valence-electron chi connectivity index (χ4n) is 2.18. The highest BCUT2D eigenvalue weighted by molar-refractivity contribution is 9.10. The first-order valence-electron chi connectivity index (χ1n) is 6.00. The van der Waals surface area contributed by atoms with Gasteiger partial charge >= 0.3 is 0 Å². The van der Waals surface area contributed by atoms with E-state index in [1.165, 1.54) is 12.1 Å². The highest BCUT2D eigenvalue weighted by atomic mass is 79.9. The minimum atomic E-state index is -0.519. The predicted octanol–water partition coefficient (Wildman–Crippen LogP) is 3.34. The number of likely N-dealkylation sites (N-methyl/N-ethyl adjacent to an activating group) is 1. The zero-order chi connectivity index (χ0) is 13.1. The Hall–Kier alpha value is -0.520. The van der Waals surface area contributed by atoms with Crippen LogP contribution in [-0.4, -0.2) is 31.2 Å². The number of benzene rings is 1. The molecule has 1 aliphatic heterocycles. The van der Waals surface area contributed by atoms with Gasteiger partial charge in [-0.15, -0.1) is 0 Å². The van der Waals surface area contributed by atoms with Gasteiger partial charge in [0.25, 0.3) is 0 Å². The molecule has 2 rings (SSSR count). The summed E-state index contributed by atoms with van der Waals surface area (Å²) in [5.74, 6) is -1.02. The molecule has 1 aliphatic rings. The minimum absolute atomic E-state index is 0.102. The standard InChI is InChI=1S/C13H16BrF2NO/c1-17(7-9-3-2-6-18-9)8-10-12(15)5-4-11(14)13(10)16/h4-5,9H,2-3,6-8H2,1H3. The molecule has 1 fully saturated rings. The monoisotopic (exact) mass is 319 g/mol. The minimum Gasteiger partial charge on any atom is -0.377 e. The highest BCUT2D eigenvalue weighted by Crippen LogP contribution is 2.23. The lowest BCUT2D eigenvalue weighted by Gasteiger charge is -2.21. The Bertz CT molecular complexity index is 422. The fourth-order valence-corrected chi connectivity index (χ4v) is 2.56. The van der Waals surface area contributed by atoms with Crippen molar-refractivity contribution >= 4 is 15.9 Å². The molecule has 2 nitrogen and oxygen atoms in total. The zero-order valence-electron chi connectivity index (χ0n) is 10.3. The Morgan fingerprint density at radius 2 is 2.22 bits per heavy atom. The molecule has 1 heterocycles. The van der Waals surface area contributed by atoms with Gasteiger partial charge in [0.2, 0.25) is 0 Å². The van der Waals surface area contributed by atoms with Crippen molar-refractivity contribution in [3.05, 3.63) is 33.8 Å². The van der Waals surface area contributed by atoms with Crippen LogP contribution in [0.4, 0.5) is 8.78 Å². The summed E-state index contributed by atoms with van der Waals surface area (Å²) in [7, 11) is 1.85. The Labute approximate surface area is 114 Å². The summed E-state index contributed by atoms with van der Waals surface area (Å²) in [5, 5.41) is 0. The Morgan fingerprint density at radius 1 is 1.44 bits per heavy atom. The molecule has 100 valence electrons. The second kappa shape index (κ2) is 6.08. The predicted molar refractivity (Wildman–Crippen MR) is 69.4 cm³/mol. The van der Waals surface area contributed by atoms with Gasteiger partial charge < -0.3 is 4.74 Å². The van der Waals surface area contributed by atoms with Gasteiger partial charge in [0.05, 0.1) is 10.6 Å². The third-order valence-electron chi connectivity index (χ3n) is 3.11. The van der Waals surface area contributed by atoms with Crippen LogP contribution in [0.1, 0.15) is 18.4 Å². The van der Waals surface area contributed by atoms with Gasteiger partial charge in [-0.05, 0) is 48.0 Å². The zero-order valence-corrected chi connectivity index (χ0v) is 11.8. The van der Waals surface area contributed by atoms with Gasteiger partial charge in [-0.3, -0.25) is 4.90 Å². The quantitative estimate of drug-likeness (QED) is 0.789. The molecule has 0 aliphatic carbocycles. The van der Waals surface area contributed by atoms with E-state index >= 15 is 0 Å². The van der Waals surface area contributed by atoms with Crippen LogP contribution in [0.25, 0.3) is 0 Å². The van der Waals surface area contributed by atoms with Crippen LogP contribution in [0, 0.1) is 11.6 Å². The number of ether oxygens (including phenoxy) is 1. The van der Waals surface area contributed by atoms with Crippen molar-refractivity contribution in [2.45, 2.75) is 25.5 Å². The normalized spacial score (nSPS) is 19.7. The molecule has 1 aromatic carbocycles. The van der Waals surface area contributed by atoms with E-state index in [1.807, 2.05) is 11.9 Å². The molecule has 0 amide bonds. The van der Waals surface area contributed by atoms with E-state index in [0.29, 0.717) is 11.0 Å².